The Labute approximate surface area is 185 Å². The van der Waals surface area contributed by atoms with Crippen LogP contribution in [-0.2, 0) is 12.8 Å². The SMILES string of the molecule is O=C(O)c1ccc(CCc2ccn3c(-c4ccnc(-c5ccccc5)c4)cnc3c2)cc1. The second-order valence-electron chi connectivity index (χ2n) is 7.70. The highest BCUT2D eigenvalue weighted by molar-refractivity contribution is 5.87. The fourth-order valence-corrected chi connectivity index (χ4v) is 3.85. The quantitative estimate of drug-likeness (QED) is 0.392. The van der Waals surface area contributed by atoms with E-state index in [0.717, 1.165) is 46.6 Å². The van der Waals surface area contributed by atoms with Crippen molar-refractivity contribution in [2.45, 2.75) is 12.8 Å². The summed E-state index contributed by atoms with van der Waals surface area (Å²) >= 11 is 0. The number of aromatic carboxylic acids is 1. The van der Waals surface area contributed by atoms with Crippen LogP contribution >= 0.6 is 0 Å². The van der Waals surface area contributed by atoms with Crippen molar-refractivity contribution in [1.29, 1.82) is 0 Å². The number of hydrogen-bond acceptors (Lipinski definition) is 3. The molecule has 0 fully saturated rings. The number of hydrogen-bond donors (Lipinski definition) is 1. The fraction of sp³-hybridized carbons (Fsp3) is 0.0741. The third-order valence-electron chi connectivity index (χ3n) is 5.61. The first-order chi connectivity index (χ1) is 15.7. The minimum absolute atomic E-state index is 0.312. The monoisotopic (exact) mass is 419 g/mol. The maximum atomic E-state index is 11.0. The number of benzene rings is 2. The molecule has 2 aromatic carbocycles. The summed E-state index contributed by atoms with van der Waals surface area (Å²) < 4.78 is 2.09. The van der Waals surface area contributed by atoms with E-state index in [4.69, 9.17) is 5.11 Å². The highest BCUT2D eigenvalue weighted by Gasteiger charge is 2.09. The molecule has 0 saturated heterocycles. The molecular weight excluding hydrogens is 398 g/mol. The van der Waals surface area contributed by atoms with Crippen molar-refractivity contribution in [2.24, 2.45) is 0 Å². The molecule has 5 nitrogen and oxygen atoms in total. The predicted molar refractivity (Wildman–Crippen MR) is 125 cm³/mol. The first kappa shape index (κ1) is 19.7. The molecule has 0 aliphatic carbocycles. The predicted octanol–water partition coefficient (Wildman–Crippen LogP) is 5.55. The van der Waals surface area contributed by atoms with E-state index in [9.17, 15) is 4.79 Å². The molecule has 0 aliphatic rings. The van der Waals surface area contributed by atoms with Gasteiger partial charge in [0.15, 0.2) is 0 Å². The number of aryl methyl sites for hydroxylation is 2. The summed E-state index contributed by atoms with van der Waals surface area (Å²) in [6, 6.07) is 25.5. The lowest BCUT2D eigenvalue weighted by Crippen LogP contribution is -1.97. The molecule has 0 amide bonds. The number of nitrogens with zero attached hydrogens (tertiary/aromatic N) is 3. The standard InChI is InChI=1S/C27H21N3O2/c31-27(32)22-10-8-19(9-11-22)6-7-20-13-15-30-25(18-29-26(30)16-20)23-12-14-28-24(17-23)21-4-2-1-3-5-21/h1-5,8-18H,6-7H2,(H,31,32). The Hall–Kier alpha value is -4.25. The van der Waals surface area contributed by atoms with Crippen LogP contribution in [0.25, 0.3) is 28.2 Å². The highest BCUT2D eigenvalue weighted by Crippen LogP contribution is 2.25. The largest absolute Gasteiger partial charge is 0.478 e. The normalized spacial score (nSPS) is 11.0. The van der Waals surface area contributed by atoms with Crippen molar-refractivity contribution in [3.05, 3.63) is 114 Å². The van der Waals surface area contributed by atoms with Crippen LogP contribution in [0.2, 0.25) is 0 Å². The molecule has 5 aromatic rings. The maximum Gasteiger partial charge on any atom is 0.335 e. The molecule has 3 heterocycles. The molecule has 5 heteroatoms. The Balaban J connectivity index is 1.37. The number of aromatic nitrogens is 3. The number of pyridine rings is 2. The van der Waals surface area contributed by atoms with Crippen LogP contribution in [0.1, 0.15) is 21.5 Å². The minimum atomic E-state index is -0.901. The number of rotatable bonds is 6. The lowest BCUT2D eigenvalue weighted by atomic mass is 10.0. The van der Waals surface area contributed by atoms with Crippen molar-refractivity contribution >= 4 is 11.6 Å². The molecule has 0 aliphatic heterocycles. The maximum absolute atomic E-state index is 11.0. The van der Waals surface area contributed by atoms with E-state index < -0.39 is 5.97 Å². The third kappa shape index (κ3) is 4.01. The van der Waals surface area contributed by atoms with Gasteiger partial charge in [-0.3, -0.25) is 9.38 Å². The van der Waals surface area contributed by atoms with Gasteiger partial charge < -0.3 is 5.11 Å². The molecule has 156 valence electrons. The average molecular weight is 419 g/mol. The van der Waals surface area contributed by atoms with E-state index in [0.29, 0.717) is 5.56 Å². The second-order valence-corrected chi connectivity index (χ2v) is 7.70. The molecule has 0 bridgehead atoms. The Morgan fingerprint density at radius 2 is 1.59 bits per heavy atom. The molecule has 5 rings (SSSR count). The topological polar surface area (TPSA) is 67.5 Å². The molecule has 32 heavy (non-hydrogen) atoms. The van der Waals surface area contributed by atoms with E-state index in [-0.39, 0.29) is 0 Å². The highest BCUT2D eigenvalue weighted by atomic mass is 16.4. The van der Waals surface area contributed by atoms with Gasteiger partial charge in [-0.05, 0) is 60.4 Å². The van der Waals surface area contributed by atoms with Crippen molar-refractivity contribution in [2.75, 3.05) is 0 Å². The molecule has 3 aromatic heterocycles. The van der Waals surface area contributed by atoms with Crippen LogP contribution in [0.15, 0.2) is 97.5 Å². The summed E-state index contributed by atoms with van der Waals surface area (Å²) in [6.45, 7) is 0. The van der Waals surface area contributed by atoms with Gasteiger partial charge in [0, 0.05) is 23.5 Å². The van der Waals surface area contributed by atoms with Gasteiger partial charge in [-0.2, -0.15) is 0 Å². The Morgan fingerprint density at radius 1 is 0.812 bits per heavy atom. The van der Waals surface area contributed by atoms with Crippen LogP contribution in [0.3, 0.4) is 0 Å². The zero-order valence-corrected chi connectivity index (χ0v) is 17.3. The van der Waals surface area contributed by atoms with E-state index in [1.807, 2.05) is 48.8 Å². The van der Waals surface area contributed by atoms with Gasteiger partial charge >= 0.3 is 5.97 Å². The van der Waals surface area contributed by atoms with E-state index in [2.05, 4.69) is 50.9 Å². The van der Waals surface area contributed by atoms with Gasteiger partial charge in [0.1, 0.15) is 5.65 Å². The van der Waals surface area contributed by atoms with Crippen molar-refractivity contribution in [3.63, 3.8) is 0 Å². The van der Waals surface area contributed by atoms with Crippen molar-refractivity contribution in [1.82, 2.24) is 14.4 Å². The molecule has 0 unspecified atom stereocenters. The van der Waals surface area contributed by atoms with Crippen LogP contribution in [0.5, 0.6) is 0 Å². The molecule has 0 radical (unpaired) electrons. The molecular formula is C27H21N3O2. The van der Waals surface area contributed by atoms with Crippen LogP contribution in [0, 0.1) is 0 Å². The summed E-state index contributed by atoms with van der Waals surface area (Å²) in [6.07, 6.45) is 7.49. The van der Waals surface area contributed by atoms with Crippen LogP contribution in [0.4, 0.5) is 0 Å². The summed E-state index contributed by atoms with van der Waals surface area (Å²) in [5.41, 5.74) is 7.63. The minimum Gasteiger partial charge on any atom is -0.478 e. The molecule has 0 spiro atoms. The van der Waals surface area contributed by atoms with Gasteiger partial charge in [0.05, 0.1) is 23.1 Å². The molecule has 0 atom stereocenters. The zero-order valence-electron chi connectivity index (χ0n) is 17.3. The number of fused-ring (bicyclic) bond motifs is 1. The van der Waals surface area contributed by atoms with Gasteiger partial charge in [-0.1, -0.05) is 42.5 Å². The summed E-state index contributed by atoms with van der Waals surface area (Å²) in [5, 5.41) is 9.03. The number of carboxylic acid groups (broad SMARTS) is 1. The lowest BCUT2D eigenvalue weighted by molar-refractivity contribution is 0.0697. The Bertz CT molecular complexity index is 1390. The Morgan fingerprint density at radius 3 is 2.38 bits per heavy atom. The second kappa shape index (κ2) is 8.47. The lowest BCUT2D eigenvalue weighted by Gasteiger charge is -2.07. The molecule has 0 saturated carbocycles. The first-order valence-corrected chi connectivity index (χ1v) is 10.5. The summed E-state index contributed by atoms with van der Waals surface area (Å²) in [4.78, 5) is 20.1. The average Bonchev–Trinajstić information content (AvgIpc) is 3.27. The molecule has 1 N–H and O–H groups in total. The van der Waals surface area contributed by atoms with Crippen LogP contribution < -0.4 is 0 Å². The number of imidazole rings is 1. The van der Waals surface area contributed by atoms with Crippen LogP contribution in [-0.4, -0.2) is 25.4 Å². The van der Waals surface area contributed by atoms with E-state index in [1.165, 1.54) is 5.56 Å². The van der Waals surface area contributed by atoms with E-state index in [1.54, 1.807) is 12.1 Å². The number of carbonyl (C=O) groups is 1. The third-order valence-corrected chi connectivity index (χ3v) is 5.61. The van der Waals surface area contributed by atoms with Gasteiger partial charge in [0.2, 0.25) is 0 Å². The zero-order chi connectivity index (χ0) is 21.9. The fourth-order valence-electron chi connectivity index (χ4n) is 3.85. The summed E-state index contributed by atoms with van der Waals surface area (Å²) in [7, 11) is 0. The van der Waals surface area contributed by atoms with Gasteiger partial charge in [0.25, 0.3) is 0 Å². The smallest absolute Gasteiger partial charge is 0.335 e. The van der Waals surface area contributed by atoms with Crippen molar-refractivity contribution in [3.8, 4) is 22.5 Å². The van der Waals surface area contributed by atoms with E-state index >= 15 is 0 Å². The van der Waals surface area contributed by atoms with Gasteiger partial charge in [-0.15, -0.1) is 0 Å². The summed E-state index contributed by atoms with van der Waals surface area (Å²) in [5.74, 6) is -0.901. The number of carboxylic acids is 1. The first-order valence-electron chi connectivity index (χ1n) is 10.5. The Kier molecular flexibility index (Phi) is 5.22. The van der Waals surface area contributed by atoms with Crippen molar-refractivity contribution < 1.29 is 9.90 Å². The van der Waals surface area contributed by atoms with Gasteiger partial charge in [-0.25, -0.2) is 9.78 Å².